The van der Waals surface area contributed by atoms with Crippen molar-refractivity contribution in [1.82, 2.24) is 0 Å². The Labute approximate surface area is 128 Å². The average molecular weight is 300 g/mol. The molecule has 0 amide bonds. The van der Waals surface area contributed by atoms with Crippen molar-refractivity contribution in [1.29, 1.82) is 0 Å². The average Bonchev–Trinajstić information content (AvgIpc) is 3.03. The second-order valence-corrected chi connectivity index (χ2v) is 5.59. The van der Waals surface area contributed by atoms with Crippen LogP contribution in [0, 0.1) is 5.82 Å². The van der Waals surface area contributed by atoms with Crippen molar-refractivity contribution in [2.75, 3.05) is 0 Å². The molecule has 3 nitrogen and oxygen atoms in total. The first-order chi connectivity index (χ1) is 10.5. The summed E-state index contributed by atoms with van der Waals surface area (Å²) in [7, 11) is 0. The molecule has 4 heteroatoms. The number of ether oxygens (including phenoxy) is 1. The first kappa shape index (κ1) is 14.6. The van der Waals surface area contributed by atoms with E-state index in [1.54, 1.807) is 31.2 Å². The van der Waals surface area contributed by atoms with Gasteiger partial charge < -0.3 is 9.15 Å². The molecule has 0 bridgehead atoms. The predicted octanol–water partition coefficient (Wildman–Crippen LogP) is 4.12. The van der Waals surface area contributed by atoms with Crippen molar-refractivity contribution in [2.24, 2.45) is 0 Å². The highest BCUT2D eigenvalue weighted by Gasteiger charge is 2.45. The van der Waals surface area contributed by atoms with E-state index in [4.69, 9.17) is 9.15 Å². The van der Waals surface area contributed by atoms with E-state index in [0.717, 1.165) is 0 Å². The monoisotopic (exact) mass is 300 g/mol. The maximum atomic E-state index is 14.2. The number of halogens is 1. The van der Waals surface area contributed by atoms with E-state index in [2.05, 4.69) is 6.58 Å². The van der Waals surface area contributed by atoms with Crippen molar-refractivity contribution in [3.63, 3.8) is 0 Å². The van der Waals surface area contributed by atoms with Crippen molar-refractivity contribution < 1.29 is 18.3 Å². The number of furan rings is 1. The highest BCUT2D eigenvalue weighted by Crippen LogP contribution is 2.45. The molecule has 1 aromatic carbocycles. The van der Waals surface area contributed by atoms with Gasteiger partial charge in [0.1, 0.15) is 5.82 Å². The van der Waals surface area contributed by atoms with Crippen LogP contribution in [0.25, 0.3) is 0 Å². The van der Waals surface area contributed by atoms with Crippen molar-refractivity contribution >= 4 is 5.97 Å². The Balaban J connectivity index is 2.19. The SMILES string of the molecule is C=C(C)C(=O)OC1(c2ccco2)CCCc2c(F)cccc21. The van der Waals surface area contributed by atoms with Crippen LogP contribution in [0.15, 0.2) is 53.2 Å². The van der Waals surface area contributed by atoms with Gasteiger partial charge in [-0.2, -0.15) is 0 Å². The Morgan fingerprint density at radius 1 is 1.36 bits per heavy atom. The number of carbonyl (C=O) groups excluding carboxylic acids is 1. The number of carbonyl (C=O) groups is 1. The molecule has 2 aromatic rings. The molecule has 3 rings (SSSR count). The van der Waals surface area contributed by atoms with E-state index >= 15 is 0 Å². The fourth-order valence-corrected chi connectivity index (χ4v) is 3.01. The van der Waals surface area contributed by atoms with Gasteiger partial charge in [0.2, 0.25) is 0 Å². The lowest BCUT2D eigenvalue weighted by Crippen LogP contribution is -2.37. The molecule has 0 saturated carbocycles. The lowest BCUT2D eigenvalue weighted by atomic mass is 9.77. The molecule has 0 spiro atoms. The van der Waals surface area contributed by atoms with Gasteiger partial charge >= 0.3 is 5.97 Å². The molecular weight excluding hydrogens is 283 g/mol. The molecule has 0 saturated heterocycles. The Bertz CT molecular complexity index is 718. The molecular formula is C18H17FO3. The first-order valence-corrected chi connectivity index (χ1v) is 7.25. The Hall–Kier alpha value is -2.36. The summed E-state index contributed by atoms with van der Waals surface area (Å²) < 4.78 is 25.5. The number of hydrogen-bond donors (Lipinski definition) is 0. The van der Waals surface area contributed by atoms with Crippen LogP contribution in [0.2, 0.25) is 0 Å². The molecule has 0 aliphatic heterocycles. The molecule has 1 aliphatic carbocycles. The van der Waals surface area contributed by atoms with E-state index < -0.39 is 11.6 Å². The molecule has 1 aromatic heterocycles. The second kappa shape index (κ2) is 5.44. The molecule has 1 aliphatic rings. The van der Waals surface area contributed by atoms with Crippen LogP contribution in [-0.2, 0) is 21.6 Å². The number of hydrogen-bond acceptors (Lipinski definition) is 3. The minimum absolute atomic E-state index is 0.278. The van der Waals surface area contributed by atoms with Gasteiger partial charge in [-0.3, -0.25) is 0 Å². The molecule has 22 heavy (non-hydrogen) atoms. The molecule has 0 N–H and O–H groups in total. The van der Waals surface area contributed by atoms with Gasteiger partial charge in [-0.15, -0.1) is 0 Å². The summed E-state index contributed by atoms with van der Waals surface area (Å²) in [4.78, 5) is 12.1. The summed E-state index contributed by atoms with van der Waals surface area (Å²) in [6, 6.07) is 8.35. The molecule has 1 heterocycles. The standard InChI is InChI=1S/C18H17FO3/c1-12(2)17(20)22-18(16-9-5-11-21-16)10-4-6-13-14(18)7-3-8-15(13)19/h3,5,7-9,11H,1,4,6,10H2,2H3. The van der Waals surface area contributed by atoms with Gasteiger partial charge in [0.05, 0.1) is 6.26 Å². The Morgan fingerprint density at radius 3 is 2.86 bits per heavy atom. The lowest BCUT2D eigenvalue weighted by molar-refractivity contribution is -0.154. The Kier molecular flexibility index (Phi) is 3.61. The summed E-state index contributed by atoms with van der Waals surface area (Å²) in [5.74, 6) is -0.276. The minimum atomic E-state index is -1.09. The van der Waals surface area contributed by atoms with E-state index in [1.165, 1.54) is 12.3 Å². The van der Waals surface area contributed by atoms with Crippen molar-refractivity contribution in [3.8, 4) is 0 Å². The summed E-state index contributed by atoms with van der Waals surface area (Å²) >= 11 is 0. The zero-order chi connectivity index (χ0) is 15.7. The second-order valence-electron chi connectivity index (χ2n) is 5.59. The van der Waals surface area contributed by atoms with Crippen LogP contribution in [0.1, 0.15) is 36.7 Å². The topological polar surface area (TPSA) is 39.4 Å². The van der Waals surface area contributed by atoms with Gasteiger partial charge in [-0.1, -0.05) is 18.7 Å². The summed E-state index contributed by atoms with van der Waals surface area (Å²) in [5, 5.41) is 0. The molecule has 114 valence electrons. The number of fused-ring (bicyclic) bond motifs is 1. The smallest absolute Gasteiger partial charge is 0.334 e. The maximum absolute atomic E-state index is 14.2. The summed E-state index contributed by atoms with van der Waals surface area (Å²) in [5.41, 5.74) is 0.451. The van der Waals surface area contributed by atoms with E-state index in [9.17, 15) is 9.18 Å². The molecule has 0 radical (unpaired) electrons. The van der Waals surface area contributed by atoms with Crippen LogP contribution < -0.4 is 0 Å². The van der Waals surface area contributed by atoms with Crippen LogP contribution in [0.5, 0.6) is 0 Å². The van der Waals surface area contributed by atoms with Gasteiger partial charge in [-0.05, 0) is 49.9 Å². The van der Waals surface area contributed by atoms with E-state index in [1.807, 2.05) is 0 Å². The lowest BCUT2D eigenvalue weighted by Gasteiger charge is -2.37. The summed E-state index contributed by atoms with van der Waals surface area (Å²) in [6.45, 7) is 5.22. The normalized spacial score (nSPS) is 20.3. The molecule has 0 fully saturated rings. The zero-order valence-corrected chi connectivity index (χ0v) is 12.4. The van der Waals surface area contributed by atoms with Crippen molar-refractivity contribution in [3.05, 3.63) is 71.5 Å². The van der Waals surface area contributed by atoms with Crippen molar-refractivity contribution in [2.45, 2.75) is 31.8 Å². The van der Waals surface area contributed by atoms with Crippen LogP contribution >= 0.6 is 0 Å². The molecule has 1 unspecified atom stereocenters. The van der Waals surface area contributed by atoms with E-state index in [0.29, 0.717) is 41.7 Å². The summed E-state index contributed by atoms with van der Waals surface area (Å²) in [6.07, 6.45) is 3.41. The third-order valence-corrected chi connectivity index (χ3v) is 4.04. The molecule has 1 atom stereocenters. The highest BCUT2D eigenvalue weighted by molar-refractivity contribution is 5.87. The predicted molar refractivity (Wildman–Crippen MR) is 79.7 cm³/mol. The fraction of sp³-hybridized carbons (Fsp3) is 0.278. The zero-order valence-electron chi connectivity index (χ0n) is 12.4. The number of esters is 1. The van der Waals surface area contributed by atoms with Gasteiger partial charge in [0.25, 0.3) is 0 Å². The first-order valence-electron chi connectivity index (χ1n) is 7.25. The third kappa shape index (κ3) is 2.25. The van der Waals surface area contributed by atoms with Crippen LogP contribution in [0.3, 0.4) is 0 Å². The Morgan fingerprint density at radius 2 is 2.18 bits per heavy atom. The van der Waals surface area contributed by atoms with Gasteiger partial charge in [-0.25, -0.2) is 9.18 Å². The quantitative estimate of drug-likeness (QED) is 0.632. The largest absolute Gasteiger partial charge is 0.465 e. The van der Waals surface area contributed by atoms with Gasteiger partial charge in [0, 0.05) is 11.1 Å². The van der Waals surface area contributed by atoms with Crippen LogP contribution in [-0.4, -0.2) is 5.97 Å². The highest BCUT2D eigenvalue weighted by atomic mass is 19.1. The van der Waals surface area contributed by atoms with Crippen LogP contribution in [0.4, 0.5) is 4.39 Å². The third-order valence-electron chi connectivity index (χ3n) is 4.04. The van der Waals surface area contributed by atoms with Gasteiger partial charge in [0.15, 0.2) is 11.4 Å². The number of benzene rings is 1. The maximum Gasteiger partial charge on any atom is 0.334 e. The minimum Gasteiger partial charge on any atom is -0.465 e. The van der Waals surface area contributed by atoms with E-state index in [-0.39, 0.29) is 5.82 Å². The number of rotatable bonds is 3. The fourth-order valence-electron chi connectivity index (χ4n) is 3.01.